The average molecular weight is 786 g/mol. The molecule has 1 aliphatic carbocycles. The van der Waals surface area contributed by atoms with Crippen molar-refractivity contribution in [2.45, 2.75) is 167 Å². The number of carbonyl (C=O) groups excluding carboxylic acids is 2. The standard InChI is InChI=1S/C42H77N2O9P/c1-6-8-10-11-12-13-14-15-16-17-18-23-27-39(46)38(34-53-54(50,51)52-32-31-44(3,4)5)43-42(49)28-24-20-19-22-26-36-37(41(48)33-40(36)47)30-29-35(45)25-21-9-7-2/h19,22-23,27,29-30,35-39,41,45-46,48H,6-18,20-21,24-26,28,31-34H2,1-5H3,(H-,43,49,50,51)/p+1/b22-19-,27-23+,30-29+/t35-,36+,37+,38-,39+,41+/m0/s1. The number of nitrogens with zero attached hydrogens (tertiary/aromatic N) is 1. The number of hydrogen-bond acceptors (Lipinski definition) is 8. The molecule has 1 aliphatic rings. The molecule has 0 bridgehead atoms. The molecular formula is C42H78N2O9P+. The third-order valence-electron chi connectivity index (χ3n) is 9.97. The summed E-state index contributed by atoms with van der Waals surface area (Å²) in [6, 6.07) is -0.950. The molecule has 12 heteroatoms. The van der Waals surface area contributed by atoms with Gasteiger partial charge in [0.05, 0.1) is 52.1 Å². The molecule has 54 heavy (non-hydrogen) atoms. The molecule has 0 aliphatic heterocycles. The zero-order valence-corrected chi connectivity index (χ0v) is 35.3. The van der Waals surface area contributed by atoms with Crippen molar-refractivity contribution in [2.75, 3.05) is 40.9 Å². The number of quaternary nitrogens is 1. The molecular weight excluding hydrogens is 707 g/mol. The third kappa shape index (κ3) is 25.5. The monoisotopic (exact) mass is 786 g/mol. The summed E-state index contributed by atoms with van der Waals surface area (Å²) in [6.45, 7) is 4.44. The van der Waals surface area contributed by atoms with Gasteiger partial charge in [0.15, 0.2) is 0 Å². The van der Waals surface area contributed by atoms with Gasteiger partial charge in [-0.15, -0.1) is 0 Å². The molecule has 11 nitrogen and oxygen atoms in total. The van der Waals surface area contributed by atoms with Gasteiger partial charge in [0, 0.05) is 24.7 Å². The molecule has 1 amide bonds. The van der Waals surface area contributed by atoms with Gasteiger partial charge in [0.1, 0.15) is 18.9 Å². The molecule has 0 heterocycles. The van der Waals surface area contributed by atoms with E-state index in [1.54, 1.807) is 18.2 Å². The van der Waals surface area contributed by atoms with E-state index in [9.17, 15) is 34.4 Å². The van der Waals surface area contributed by atoms with Crippen molar-refractivity contribution < 1.29 is 47.9 Å². The van der Waals surface area contributed by atoms with Crippen molar-refractivity contribution >= 4 is 19.5 Å². The quantitative estimate of drug-likeness (QED) is 0.0194. The van der Waals surface area contributed by atoms with Crippen molar-refractivity contribution in [1.29, 1.82) is 0 Å². The first-order valence-electron chi connectivity index (χ1n) is 21.0. The summed E-state index contributed by atoms with van der Waals surface area (Å²) in [7, 11) is 1.40. The average Bonchev–Trinajstić information content (AvgIpc) is 3.37. The number of unbranched alkanes of at least 4 members (excludes halogenated alkanes) is 13. The maximum atomic E-state index is 12.9. The number of carbonyl (C=O) groups is 2. The zero-order valence-electron chi connectivity index (χ0n) is 34.4. The number of likely N-dealkylation sites (N-methyl/N-ethyl adjacent to an activating group) is 1. The molecule has 0 saturated heterocycles. The number of aliphatic hydroxyl groups is 3. The van der Waals surface area contributed by atoms with E-state index >= 15 is 0 Å². The maximum absolute atomic E-state index is 12.9. The number of Topliss-reactive ketones (excluding diaryl/α,β-unsaturated/α-hetero) is 1. The lowest BCUT2D eigenvalue weighted by molar-refractivity contribution is -0.870. The van der Waals surface area contributed by atoms with E-state index in [0.717, 1.165) is 38.5 Å². The first-order valence-corrected chi connectivity index (χ1v) is 22.5. The fourth-order valence-corrected chi connectivity index (χ4v) is 7.23. The number of allylic oxidation sites excluding steroid dienone is 3. The minimum Gasteiger partial charge on any atom is -0.392 e. The van der Waals surface area contributed by atoms with Crippen LogP contribution in [0.4, 0.5) is 0 Å². The molecule has 0 spiro atoms. The molecule has 314 valence electrons. The van der Waals surface area contributed by atoms with Gasteiger partial charge in [-0.05, 0) is 38.5 Å². The van der Waals surface area contributed by atoms with Gasteiger partial charge >= 0.3 is 7.82 Å². The topological polar surface area (TPSA) is 163 Å². The second-order valence-corrected chi connectivity index (χ2v) is 17.6. The van der Waals surface area contributed by atoms with Gasteiger partial charge in [-0.2, -0.15) is 0 Å². The number of phosphoric ester groups is 1. The van der Waals surface area contributed by atoms with Crippen LogP contribution in [0.25, 0.3) is 0 Å². The summed E-state index contributed by atoms with van der Waals surface area (Å²) in [5, 5.41) is 34.4. The summed E-state index contributed by atoms with van der Waals surface area (Å²) < 4.78 is 23.4. The van der Waals surface area contributed by atoms with E-state index < -0.39 is 38.8 Å². The van der Waals surface area contributed by atoms with Crippen LogP contribution in [0.5, 0.6) is 0 Å². The van der Waals surface area contributed by atoms with Crippen LogP contribution in [-0.4, -0.2) is 102 Å². The summed E-state index contributed by atoms with van der Waals surface area (Å²) in [4.78, 5) is 35.7. The van der Waals surface area contributed by atoms with Gasteiger partial charge in [0.2, 0.25) is 5.91 Å². The van der Waals surface area contributed by atoms with E-state index in [4.69, 9.17) is 9.05 Å². The fourth-order valence-electron chi connectivity index (χ4n) is 6.49. The lowest BCUT2D eigenvalue weighted by Gasteiger charge is -2.25. The highest BCUT2D eigenvalue weighted by Gasteiger charge is 2.39. The van der Waals surface area contributed by atoms with E-state index in [-0.39, 0.29) is 43.0 Å². The molecule has 1 fully saturated rings. The van der Waals surface area contributed by atoms with E-state index in [0.29, 0.717) is 36.7 Å². The highest BCUT2D eigenvalue weighted by molar-refractivity contribution is 7.47. The van der Waals surface area contributed by atoms with E-state index in [1.165, 1.54) is 51.4 Å². The molecule has 0 aromatic rings. The Bertz CT molecular complexity index is 1140. The minimum atomic E-state index is -4.41. The Morgan fingerprint density at radius 3 is 2.13 bits per heavy atom. The van der Waals surface area contributed by atoms with Gasteiger partial charge in [-0.25, -0.2) is 4.57 Å². The number of hydrogen-bond donors (Lipinski definition) is 5. The first-order chi connectivity index (χ1) is 25.7. The number of amides is 1. The molecule has 1 rings (SSSR count). The maximum Gasteiger partial charge on any atom is 0.472 e. The van der Waals surface area contributed by atoms with Crippen molar-refractivity contribution in [3.63, 3.8) is 0 Å². The van der Waals surface area contributed by atoms with E-state index in [2.05, 4.69) is 19.2 Å². The Hall–Kier alpha value is -1.69. The van der Waals surface area contributed by atoms with Crippen molar-refractivity contribution in [2.24, 2.45) is 11.8 Å². The summed E-state index contributed by atoms with van der Waals surface area (Å²) in [6.07, 6.45) is 27.1. The Morgan fingerprint density at radius 2 is 1.48 bits per heavy atom. The highest BCUT2D eigenvalue weighted by Crippen LogP contribution is 2.43. The Kier molecular flexibility index (Phi) is 27.5. The molecule has 0 radical (unpaired) electrons. The van der Waals surface area contributed by atoms with Crippen LogP contribution in [0.3, 0.4) is 0 Å². The summed E-state index contributed by atoms with van der Waals surface area (Å²) in [5.41, 5.74) is 0. The number of nitrogens with one attached hydrogen (secondary N) is 1. The number of aliphatic hydroxyl groups excluding tert-OH is 3. The third-order valence-corrected chi connectivity index (χ3v) is 11.0. The SMILES string of the molecule is CCCCCCCCCCCC/C=C/[C@@H](O)[C@H](COP(=O)(O)OCC[N+](C)(C)C)NC(=O)CCC/C=C\C[C@H]1C(=O)C[C@@H](O)[C@@H]1/C=C/[C@@H](O)CCCCC. The van der Waals surface area contributed by atoms with Gasteiger partial charge in [0.25, 0.3) is 0 Å². The smallest absolute Gasteiger partial charge is 0.392 e. The normalized spacial score (nSPS) is 21.0. The van der Waals surface area contributed by atoms with Crippen molar-refractivity contribution in [3.05, 3.63) is 36.5 Å². The van der Waals surface area contributed by atoms with Crippen molar-refractivity contribution in [1.82, 2.24) is 5.32 Å². The summed E-state index contributed by atoms with van der Waals surface area (Å²) in [5.74, 6) is -0.995. The van der Waals surface area contributed by atoms with Crippen LogP contribution in [0.2, 0.25) is 0 Å². The molecule has 0 aromatic heterocycles. The molecule has 1 saturated carbocycles. The van der Waals surface area contributed by atoms with Crippen LogP contribution in [0.15, 0.2) is 36.5 Å². The fraction of sp³-hybridized carbons (Fsp3) is 0.810. The lowest BCUT2D eigenvalue weighted by atomic mass is 9.90. The van der Waals surface area contributed by atoms with Crippen LogP contribution >= 0.6 is 7.82 Å². The summed E-state index contributed by atoms with van der Waals surface area (Å²) >= 11 is 0. The molecule has 0 aromatic carbocycles. The second kappa shape index (κ2) is 29.5. The van der Waals surface area contributed by atoms with Crippen LogP contribution in [0.1, 0.15) is 142 Å². The lowest BCUT2D eigenvalue weighted by Crippen LogP contribution is -2.45. The van der Waals surface area contributed by atoms with Gasteiger partial charge in [-0.1, -0.05) is 127 Å². The minimum absolute atomic E-state index is 0.0113. The Balaban J connectivity index is 2.62. The predicted octanol–water partition coefficient (Wildman–Crippen LogP) is 7.72. The molecule has 7 atom stereocenters. The van der Waals surface area contributed by atoms with Crippen LogP contribution < -0.4 is 5.32 Å². The Labute approximate surface area is 327 Å². The predicted molar refractivity (Wildman–Crippen MR) is 218 cm³/mol. The van der Waals surface area contributed by atoms with E-state index in [1.807, 2.05) is 39.4 Å². The largest absolute Gasteiger partial charge is 0.472 e. The van der Waals surface area contributed by atoms with Crippen LogP contribution in [-0.2, 0) is 23.2 Å². The van der Waals surface area contributed by atoms with Gasteiger partial charge in [-0.3, -0.25) is 18.6 Å². The number of phosphoric acid groups is 1. The Morgan fingerprint density at radius 1 is 0.870 bits per heavy atom. The second-order valence-electron chi connectivity index (χ2n) is 16.1. The zero-order chi connectivity index (χ0) is 40.2. The first kappa shape index (κ1) is 50.3. The number of ketones is 1. The number of rotatable bonds is 33. The van der Waals surface area contributed by atoms with Crippen molar-refractivity contribution in [3.8, 4) is 0 Å². The van der Waals surface area contributed by atoms with Crippen LogP contribution in [0, 0.1) is 11.8 Å². The molecule has 1 unspecified atom stereocenters. The van der Waals surface area contributed by atoms with Gasteiger partial charge < -0.3 is 30.0 Å². The highest BCUT2D eigenvalue weighted by atomic mass is 31.2. The molecule has 5 N–H and O–H groups in total.